The number of nitrogens with one attached hydrogen (secondary N) is 1. The number of ether oxygens (including phenoxy) is 2. The number of hydrogen-bond donors (Lipinski definition) is 2. The summed E-state index contributed by atoms with van der Waals surface area (Å²) in [5.41, 5.74) is 5.64. The molecule has 2 aromatic carbocycles. The summed E-state index contributed by atoms with van der Waals surface area (Å²) in [5, 5.41) is 3.76. The summed E-state index contributed by atoms with van der Waals surface area (Å²) in [5.74, 6) is 0.143. The second-order valence-electron chi connectivity index (χ2n) is 5.06. The fraction of sp³-hybridized carbons (Fsp3) is 0.176. The van der Waals surface area contributed by atoms with Gasteiger partial charge in [0.2, 0.25) is 0 Å². The van der Waals surface area contributed by atoms with Gasteiger partial charge in [-0.1, -0.05) is 18.2 Å². The number of nitrogens with two attached hydrogens (primary N) is 1. The third-order valence-corrected chi connectivity index (χ3v) is 4.32. The van der Waals surface area contributed by atoms with Crippen molar-refractivity contribution in [2.45, 2.75) is 11.8 Å². The number of nitrogens with zero attached hydrogens (tertiary/aromatic N) is 1. The Morgan fingerprint density at radius 2 is 1.88 bits per heavy atom. The Morgan fingerprint density at radius 1 is 1.15 bits per heavy atom. The number of sulfonamides is 1. The van der Waals surface area contributed by atoms with Crippen LogP contribution < -0.4 is 20.0 Å². The third kappa shape index (κ3) is 5.49. The van der Waals surface area contributed by atoms with E-state index in [1.165, 1.54) is 18.3 Å². The van der Waals surface area contributed by atoms with Crippen molar-refractivity contribution >= 4 is 22.1 Å². The molecule has 0 bridgehead atoms. The highest BCUT2D eigenvalue weighted by Gasteiger charge is 2.11. The van der Waals surface area contributed by atoms with Gasteiger partial charge in [0.15, 0.2) is 18.1 Å². The Kier molecular flexibility index (Phi) is 6.56. The molecule has 2 rings (SSSR count). The average Bonchev–Trinajstić information content (AvgIpc) is 2.62. The Balaban J connectivity index is 2.12. The minimum Gasteiger partial charge on any atom is -0.490 e. The van der Waals surface area contributed by atoms with Crippen LogP contribution in [0, 0.1) is 0 Å². The summed E-state index contributed by atoms with van der Waals surface area (Å²) in [6.07, 6.45) is 1.33. The third-order valence-electron chi connectivity index (χ3n) is 3.08. The van der Waals surface area contributed by atoms with E-state index in [1.807, 2.05) is 0 Å². The molecule has 0 atom stereocenters. The highest BCUT2D eigenvalue weighted by molar-refractivity contribution is 7.89. The first-order valence-electron chi connectivity index (χ1n) is 7.70. The maximum absolute atomic E-state index is 12.1. The molecule has 0 aliphatic rings. The molecule has 0 heterocycles. The Labute approximate surface area is 151 Å². The van der Waals surface area contributed by atoms with E-state index in [-0.39, 0.29) is 11.5 Å². The Hall–Kier alpha value is -3.07. The molecule has 2 aromatic rings. The molecule has 9 heteroatoms. The van der Waals surface area contributed by atoms with Gasteiger partial charge in [-0.3, -0.25) is 4.79 Å². The Bertz CT molecular complexity index is 883. The van der Waals surface area contributed by atoms with Gasteiger partial charge < -0.3 is 15.2 Å². The van der Waals surface area contributed by atoms with Crippen molar-refractivity contribution in [3.8, 4) is 11.5 Å². The fourth-order valence-corrected chi connectivity index (χ4v) is 2.78. The van der Waals surface area contributed by atoms with Crippen molar-refractivity contribution in [3.05, 3.63) is 54.1 Å². The average molecular weight is 377 g/mol. The van der Waals surface area contributed by atoms with Crippen LogP contribution in [-0.2, 0) is 14.8 Å². The lowest BCUT2D eigenvalue weighted by molar-refractivity contribution is -0.119. The van der Waals surface area contributed by atoms with Crippen LogP contribution in [0.1, 0.15) is 12.5 Å². The predicted octanol–water partition coefficient (Wildman–Crippen LogP) is 1.26. The lowest BCUT2D eigenvalue weighted by Gasteiger charge is -2.11. The van der Waals surface area contributed by atoms with E-state index in [0.29, 0.717) is 23.7 Å². The number of hydrazone groups is 1. The van der Waals surface area contributed by atoms with E-state index in [9.17, 15) is 13.2 Å². The molecular formula is C17H19N3O5S. The molecule has 0 spiro atoms. The second-order valence-corrected chi connectivity index (χ2v) is 6.72. The first-order chi connectivity index (χ1) is 12.4. The zero-order chi connectivity index (χ0) is 19.0. The Morgan fingerprint density at radius 3 is 2.54 bits per heavy atom. The van der Waals surface area contributed by atoms with Gasteiger partial charge in [-0.2, -0.15) is 13.5 Å². The normalized spacial score (nSPS) is 11.3. The minimum atomic E-state index is -3.73. The van der Waals surface area contributed by atoms with Gasteiger partial charge in [-0.05, 0) is 42.8 Å². The molecule has 3 N–H and O–H groups in total. The number of primary amides is 1. The minimum absolute atomic E-state index is 0.113. The quantitative estimate of drug-likeness (QED) is 0.503. The van der Waals surface area contributed by atoms with Gasteiger partial charge in [0.25, 0.3) is 15.9 Å². The molecule has 0 saturated carbocycles. The molecule has 0 aromatic heterocycles. The van der Waals surface area contributed by atoms with Crippen molar-refractivity contribution < 1.29 is 22.7 Å². The van der Waals surface area contributed by atoms with Crippen molar-refractivity contribution in [2.24, 2.45) is 10.8 Å². The van der Waals surface area contributed by atoms with Gasteiger partial charge in [0.1, 0.15) is 0 Å². The predicted molar refractivity (Wildman–Crippen MR) is 96.7 cm³/mol. The molecule has 0 saturated heterocycles. The fourth-order valence-electron chi connectivity index (χ4n) is 1.96. The zero-order valence-corrected chi connectivity index (χ0v) is 14.9. The molecule has 0 radical (unpaired) electrons. The summed E-state index contributed by atoms with van der Waals surface area (Å²) < 4.78 is 34.9. The highest BCUT2D eigenvalue weighted by atomic mass is 32.2. The van der Waals surface area contributed by atoms with E-state index >= 15 is 0 Å². The molecular weight excluding hydrogens is 358 g/mol. The smallest absolute Gasteiger partial charge is 0.276 e. The molecule has 0 aliphatic carbocycles. The maximum Gasteiger partial charge on any atom is 0.276 e. The van der Waals surface area contributed by atoms with Crippen molar-refractivity contribution in [1.29, 1.82) is 0 Å². The number of amides is 1. The molecule has 0 unspecified atom stereocenters. The number of hydrogen-bond acceptors (Lipinski definition) is 6. The summed E-state index contributed by atoms with van der Waals surface area (Å²) in [6, 6.07) is 12.7. The first kappa shape index (κ1) is 19.3. The van der Waals surface area contributed by atoms with Gasteiger partial charge in [-0.15, -0.1) is 0 Å². The molecule has 26 heavy (non-hydrogen) atoms. The van der Waals surface area contributed by atoms with Crippen LogP contribution in [0.4, 0.5) is 0 Å². The maximum atomic E-state index is 12.1. The summed E-state index contributed by atoms with van der Waals surface area (Å²) in [7, 11) is -3.73. The lowest BCUT2D eigenvalue weighted by atomic mass is 10.2. The molecule has 0 fully saturated rings. The van der Waals surface area contributed by atoms with Gasteiger partial charge in [0.05, 0.1) is 17.7 Å². The topological polar surface area (TPSA) is 120 Å². The molecule has 8 nitrogen and oxygen atoms in total. The van der Waals surface area contributed by atoms with Crippen LogP contribution in [0.5, 0.6) is 11.5 Å². The van der Waals surface area contributed by atoms with E-state index in [0.717, 1.165) is 0 Å². The largest absolute Gasteiger partial charge is 0.490 e. The van der Waals surface area contributed by atoms with Crippen LogP contribution in [0.3, 0.4) is 0 Å². The number of carbonyl (C=O) groups excluding carboxylic acids is 1. The van der Waals surface area contributed by atoms with Crippen LogP contribution in [0.25, 0.3) is 0 Å². The SMILES string of the molecule is CCOc1cc(/C=N/NS(=O)(=O)c2ccccc2)ccc1OCC(N)=O. The van der Waals surface area contributed by atoms with Crippen molar-refractivity contribution in [3.63, 3.8) is 0 Å². The van der Waals surface area contributed by atoms with Gasteiger partial charge >= 0.3 is 0 Å². The van der Waals surface area contributed by atoms with E-state index in [1.54, 1.807) is 43.3 Å². The monoisotopic (exact) mass is 377 g/mol. The van der Waals surface area contributed by atoms with Crippen molar-refractivity contribution in [1.82, 2.24) is 4.83 Å². The highest BCUT2D eigenvalue weighted by Crippen LogP contribution is 2.28. The summed E-state index contributed by atoms with van der Waals surface area (Å²) in [6.45, 7) is 1.91. The van der Waals surface area contributed by atoms with Crippen LogP contribution in [0.15, 0.2) is 58.5 Å². The lowest BCUT2D eigenvalue weighted by Crippen LogP contribution is -2.20. The molecule has 138 valence electrons. The van der Waals surface area contributed by atoms with E-state index < -0.39 is 15.9 Å². The van der Waals surface area contributed by atoms with Gasteiger partial charge in [-0.25, -0.2) is 4.83 Å². The number of benzene rings is 2. The summed E-state index contributed by atoms with van der Waals surface area (Å²) in [4.78, 5) is 13.1. The van der Waals surface area contributed by atoms with E-state index in [4.69, 9.17) is 15.2 Å². The summed E-state index contributed by atoms with van der Waals surface area (Å²) >= 11 is 0. The first-order valence-corrected chi connectivity index (χ1v) is 9.18. The van der Waals surface area contributed by atoms with Gasteiger partial charge in [0, 0.05) is 0 Å². The van der Waals surface area contributed by atoms with Crippen molar-refractivity contribution in [2.75, 3.05) is 13.2 Å². The molecule has 0 aliphatic heterocycles. The second kappa shape index (κ2) is 8.86. The zero-order valence-electron chi connectivity index (χ0n) is 14.1. The standard InChI is InChI=1S/C17H19N3O5S/c1-2-24-16-10-13(8-9-15(16)25-12-17(18)21)11-19-20-26(22,23)14-6-4-3-5-7-14/h3-11,20H,2,12H2,1H3,(H2,18,21)/b19-11+. The van der Waals surface area contributed by atoms with Crippen LogP contribution >= 0.6 is 0 Å². The van der Waals surface area contributed by atoms with Crippen LogP contribution in [-0.4, -0.2) is 33.8 Å². The van der Waals surface area contributed by atoms with E-state index in [2.05, 4.69) is 9.93 Å². The number of carbonyl (C=O) groups is 1. The molecule has 1 amide bonds. The van der Waals surface area contributed by atoms with Crippen LogP contribution in [0.2, 0.25) is 0 Å². The number of rotatable bonds is 9.